The minimum Gasteiger partial charge on any atom is -0.480 e. The van der Waals surface area contributed by atoms with Crippen molar-refractivity contribution < 1.29 is 38.3 Å². The number of rotatable bonds is 7. The van der Waals surface area contributed by atoms with Gasteiger partial charge >= 0.3 is 19.9 Å². The SMILES string of the molecule is CC(OP(=O)(O)O)C(NC(=O)OCC1c2ccccc2-c2ccccc21)C(=O)O. The minimum absolute atomic E-state index is 0.0278. The van der Waals surface area contributed by atoms with Crippen LogP contribution >= 0.6 is 7.82 Å². The van der Waals surface area contributed by atoms with Crippen LogP contribution in [0.25, 0.3) is 11.1 Å². The third-order valence-corrected chi connectivity index (χ3v) is 5.26. The van der Waals surface area contributed by atoms with Gasteiger partial charge in [-0.2, -0.15) is 0 Å². The second kappa shape index (κ2) is 8.34. The van der Waals surface area contributed by atoms with Crippen LogP contribution in [0.1, 0.15) is 24.0 Å². The summed E-state index contributed by atoms with van der Waals surface area (Å²) in [4.78, 5) is 41.2. The predicted octanol–water partition coefficient (Wildman–Crippen LogP) is 2.48. The molecule has 9 nitrogen and oxygen atoms in total. The molecule has 0 aliphatic heterocycles. The zero-order valence-electron chi connectivity index (χ0n) is 15.4. The van der Waals surface area contributed by atoms with Crippen molar-refractivity contribution in [1.29, 1.82) is 0 Å². The molecule has 0 spiro atoms. The number of amides is 1. The molecule has 2 aromatic rings. The highest BCUT2D eigenvalue weighted by molar-refractivity contribution is 7.46. The summed E-state index contributed by atoms with van der Waals surface area (Å²) in [6, 6.07) is 13.8. The predicted molar refractivity (Wildman–Crippen MR) is 102 cm³/mol. The molecule has 0 fully saturated rings. The van der Waals surface area contributed by atoms with E-state index in [0.717, 1.165) is 29.2 Å². The number of fused-ring (bicyclic) bond motifs is 3. The second-order valence-corrected chi connectivity index (χ2v) is 7.78. The number of ether oxygens (including phenoxy) is 1. The lowest BCUT2D eigenvalue weighted by Gasteiger charge is -2.22. The Hall–Kier alpha value is -2.71. The Labute approximate surface area is 166 Å². The first kappa shape index (κ1) is 21.0. The van der Waals surface area contributed by atoms with E-state index in [2.05, 4.69) is 9.84 Å². The largest absolute Gasteiger partial charge is 0.480 e. The number of nitrogens with one attached hydrogen (secondary N) is 1. The first-order valence-electron chi connectivity index (χ1n) is 8.75. The van der Waals surface area contributed by atoms with Crippen molar-refractivity contribution in [3.63, 3.8) is 0 Å². The summed E-state index contributed by atoms with van der Waals surface area (Å²) in [5, 5.41) is 11.3. The van der Waals surface area contributed by atoms with E-state index < -0.39 is 32.0 Å². The van der Waals surface area contributed by atoms with Gasteiger partial charge in [0.05, 0.1) is 6.10 Å². The monoisotopic (exact) mass is 421 g/mol. The highest BCUT2D eigenvalue weighted by Gasteiger charge is 2.34. The fourth-order valence-electron chi connectivity index (χ4n) is 3.42. The minimum atomic E-state index is -4.92. The number of hydrogen-bond donors (Lipinski definition) is 4. The molecular formula is C19H20NO8P. The second-order valence-electron chi connectivity index (χ2n) is 6.59. The molecule has 1 amide bonds. The number of phosphoric ester groups is 1. The highest BCUT2D eigenvalue weighted by atomic mass is 31.2. The van der Waals surface area contributed by atoms with E-state index in [0.29, 0.717) is 0 Å². The summed E-state index contributed by atoms with van der Waals surface area (Å²) in [6.45, 7) is 1.10. The molecule has 10 heteroatoms. The molecule has 1 aliphatic rings. The number of carboxylic acids is 1. The molecule has 2 aromatic carbocycles. The van der Waals surface area contributed by atoms with E-state index in [-0.39, 0.29) is 12.5 Å². The van der Waals surface area contributed by atoms with Crippen molar-refractivity contribution in [3.8, 4) is 11.1 Å². The van der Waals surface area contributed by atoms with Crippen LogP contribution < -0.4 is 5.32 Å². The number of hydrogen-bond acceptors (Lipinski definition) is 5. The number of benzene rings is 2. The standard InChI is InChI=1S/C19H20NO8P/c1-11(28-29(24,25)26)17(18(21)22)20-19(23)27-10-16-14-8-4-2-6-12(14)13-7-3-5-9-15(13)16/h2-9,11,16-17H,10H2,1H3,(H,20,23)(H,21,22)(H2,24,25,26). The van der Waals surface area contributed by atoms with Crippen LogP contribution in [0.4, 0.5) is 4.79 Å². The maximum absolute atomic E-state index is 12.2. The van der Waals surface area contributed by atoms with E-state index >= 15 is 0 Å². The summed E-state index contributed by atoms with van der Waals surface area (Å²) in [5.74, 6) is -1.72. The van der Waals surface area contributed by atoms with Crippen LogP contribution in [0.15, 0.2) is 48.5 Å². The maximum atomic E-state index is 12.2. The fraction of sp³-hybridized carbons (Fsp3) is 0.263. The van der Waals surface area contributed by atoms with E-state index in [1.54, 1.807) is 0 Å². The maximum Gasteiger partial charge on any atom is 0.469 e. The molecule has 3 rings (SSSR count). The lowest BCUT2D eigenvalue weighted by molar-refractivity contribution is -0.141. The van der Waals surface area contributed by atoms with Gasteiger partial charge in [0.1, 0.15) is 6.61 Å². The lowest BCUT2D eigenvalue weighted by atomic mass is 9.98. The van der Waals surface area contributed by atoms with Gasteiger partial charge in [0, 0.05) is 5.92 Å². The molecular weight excluding hydrogens is 401 g/mol. The lowest BCUT2D eigenvalue weighted by Crippen LogP contribution is -2.48. The molecule has 1 aliphatic carbocycles. The van der Waals surface area contributed by atoms with E-state index in [9.17, 15) is 19.3 Å². The Kier molecular flexibility index (Phi) is 6.04. The van der Waals surface area contributed by atoms with Gasteiger partial charge in [0.25, 0.3) is 0 Å². The van der Waals surface area contributed by atoms with Gasteiger partial charge < -0.3 is 24.9 Å². The molecule has 2 unspecified atom stereocenters. The number of aliphatic carboxylic acids is 1. The van der Waals surface area contributed by atoms with Crippen molar-refractivity contribution in [3.05, 3.63) is 59.7 Å². The number of carbonyl (C=O) groups excluding carboxylic acids is 1. The van der Waals surface area contributed by atoms with Crippen molar-refractivity contribution >= 4 is 19.9 Å². The third-order valence-electron chi connectivity index (χ3n) is 4.66. The number of carboxylic acid groups (broad SMARTS) is 1. The average Bonchev–Trinajstić information content (AvgIpc) is 2.96. The van der Waals surface area contributed by atoms with Crippen molar-refractivity contribution in [2.45, 2.75) is 25.0 Å². The topological polar surface area (TPSA) is 142 Å². The van der Waals surface area contributed by atoms with Crippen LogP contribution in [-0.4, -0.2) is 45.7 Å². The molecule has 0 radical (unpaired) electrons. The smallest absolute Gasteiger partial charge is 0.469 e. The fourth-order valence-corrected chi connectivity index (χ4v) is 3.98. The molecule has 2 atom stereocenters. The third kappa shape index (κ3) is 4.83. The number of alkyl carbamates (subject to hydrolysis) is 1. The van der Waals surface area contributed by atoms with Gasteiger partial charge in [-0.3, -0.25) is 4.52 Å². The summed E-state index contributed by atoms with van der Waals surface area (Å²) in [7, 11) is -4.92. The quantitative estimate of drug-likeness (QED) is 0.500. The molecule has 0 saturated heterocycles. The Morgan fingerprint density at radius 1 is 1.07 bits per heavy atom. The summed E-state index contributed by atoms with van der Waals surface area (Å²) in [6.07, 6.45) is -2.51. The zero-order chi connectivity index (χ0) is 21.2. The van der Waals surface area contributed by atoms with Gasteiger partial charge in [-0.15, -0.1) is 0 Å². The van der Waals surface area contributed by atoms with Crippen LogP contribution in [0.2, 0.25) is 0 Å². The van der Waals surface area contributed by atoms with Crippen molar-refractivity contribution in [1.82, 2.24) is 5.32 Å². The number of carbonyl (C=O) groups is 2. The molecule has 0 saturated carbocycles. The van der Waals surface area contributed by atoms with Crippen molar-refractivity contribution in [2.75, 3.05) is 6.61 Å². The molecule has 0 aromatic heterocycles. The summed E-state index contributed by atoms with van der Waals surface area (Å²) < 4.78 is 20.5. The highest BCUT2D eigenvalue weighted by Crippen LogP contribution is 2.44. The van der Waals surface area contributed by atoms with Gasteiger partial charge in [-0.05, 0) is 29.2 Å². The first-order chi connectivity index (χ1) is 13.7. The molecule has 29 heavy (non-hydrogen) atoms. The Morgan fingerprint density at radius 3 is 2.07 bits per heavy atom. The van der Waals surface area contributed by atoms with Crippen LogP contribution in [0.5, 0.6) is 0 Å². The van der Waals surface area contributed by atoms with E-state index in [1.807, 2.05) is 48.5 Å². The van der Waals surface area contributed by atoms with E-state index in [1.165, 1.54) is 0 Å². The van der Waals surface area contributed by atoms with Gasteiger partial charge in [0.15, 0.2) is 6.04 Å². The number of phosphoric acid groups is 1. The van der Waals surface area contributed by atoms with Gasteiger partial charge in [-0.1, -0.05) is 48.5 Å². The van der Waals surface area contributed by atoms with E-state index in [4.69, 9.17) is 14.5 Å². The average molecular weight is 421 g/mol. The molecule has 0 heterocycles. The van der Waals surface area contributed by atoms with Gasteiger partial charge in [0.2, 0.25) is 0 Å². The molecule has 154 valence electrons. The normalized spacial score (nSPS) is 15.1. The molecule has 4 N–H and O–H groups in total. The Morgan fingerprint density at radius 2 is 1.59 bits per heavy atom. The molecule has 0 bridgehead atoms. The van der Waals surface area contributed by atoms with Gasteiger partial charge in [-0.25, -0.2) is 14.2 Å². The Bertz CT molecular complexity index is 927. The van der Waals surface area contributed by atoms with Crippen LogP contribution in [0, 0.1) is 0 Å². The Balaban J connectivity index is 1.69. The van der Waals surface area contributed by atoms with Crippen LogP contribution in [0.3, 0.4) is 0 Å². The zero-order valence-corrected chi connectivity index (χ0v) is 16.3. The summed E-state index contributed by atoms with van der Waals surface area (Å²) in [5.41, 5.74) is 4.08. The van der Waals surface area contributed by atoms with Crippen LogP contribution in [-0.2, 0) is 18.6 Å². The van der Waals surface area contributed by atoms with Crippen molar-refractivity contribution in [2.24, 2.45) is 0 Å². The summed E-state index contributed by atoms with van der Waals surface area (Å²) >= 11 is 0. The first-order valence-corrected chi connectivity index (χ1v) is 10.3.